The standard InChI is InChI=1S/C14H22N2S/c1-11-8-14(17-12(11)2)10-15-6-7-16-5-3-4-13(16)9-15/h8,13H,3-7,9-10H2,1-2H3. The molecule has 0 spiro atoms. The van der Waals surface area contributed by atoms with Crippen LogP contribution in [0, 0.1) is 13.8 Å². The third-order valence-corrected chi connectivity index (χ3v) is 5.41. The maximum absolute atomic E-state index is 2.68. The molecule has 2 nitrogen and oxygen atoms in total. The zero-order valence-corrected chi connectivity index (χ0v) is 11.7. The van der Waals surface area contributed by atoms with Crippen LogP contribution in [0.5, 0.6) is 0 Å². The van der Waals surface area contributed by atoms with Crippen molar-refractivity contribution >= 4 is 11.3 Å². The summed E-state index contributed by atoms with van der Waals surface area (Å²) in [7, 11) is 0. The van der Waals surface area contributed by atoms with Crippen molar-refractivity contribution in [2.75, 3.05) is 26.2 Å². The number of rotatable bonds is 2. The predicted molar refractivity (Wildman–Crippen MR) is 73.7 cm³/mol. The van der Waals surface area contributed by atoms with Crippen molar-refractivity contribution in [2.24, 2.45) is 0 Å². The summed E-state index contributed by atoms with van der Waals surface area (Å²) in [5, 5.41) is 0. The maximum atomic E-state index is 2.68. The Hall–Kier alpha value is -0.380. The van der Waals surface area contributed by atoms with Crippen molar-refractivity contribution in [1.29, 1.82) is 0 Å². The third-order valence-electron chi connectivity index (χ3n) is 4.27. The lowest BCUT2D eigenvalue weighted by Crippen LogP contribution is -2.49. The number of hydrogen-bond donors (Lipinski definition) is 0. The molecule has 0 aliphatic carbocycles. The smallest absolute Gasteiger partial charge is 0.0329 e. The van der Waals surface area contributed by atoms with E-state index < -0.39 is 0 Å². The summed E-state index contributed by atoms with van der Waals surface area (Å²) in [6.07, 6.45) is 2.83. The molecule has 94 valence electrons. The van der Waals surface area contributed by atoms with E-state index in [1.54, 1.807) is 4.88 Å². The topological polar surface area (TPSA) is 6.48 Å². The number of thiophene rings is 1. The normalized spacial score (nSPS) is 26.4. The van der Waals surface area contributed by atoms with Crippen molar-refractivity contribution in [3.63, 3.8) is 0 Å². The van der Waals surface area contributed by atoms with Gasteiger partial charge in [-0.1, -0.05) is 0 Å². The fourth-order valence-electron chi connectivity index (χ4n) is 3.15. The molecular formula is C14H22N2S. The van der Waals surface area contributed by atoms with Crippen molar-refractivity contribution in [3.05, 3.63) is 21.4 Å². The largest absolute Gasteiger partial charge is 0.298 e. The summed E-state index contributed by atoms with van der Waals surface area (Å²) in [4.78, 5) is 8.37. The van der Waals surface area contributed by atoms with E-state index in [0.717, 1.165) is 6.04 Å². The molecule has 2 aliphatic rings. The number of nitrogens with zero attached hydrogens (tertiary/aromatic N) is 2. The summed E-state index contributed by atoms with van der Waals surface area (Å²) in [5.41, 5.74) is 1.46. The van der Waals surface area contributed by atoms with Gasteiger partial charge in [0.05, 0.1) is 0 Å². The molecule has 0 bridgehead atoms. The molecule has 3 rings (SSSR count). The molecule has 2 aliphatic heterocycles. The lowest BCUT2D eigenvalue weighted by molar-refractivity contribution is 0.100. The van der Waals surface area contributed by atoms with Crippen LogP contribution in [0.3, 0.4) is 0 Å². The Bertz CT molecular complexity index is 379. The Balaban J connectivity index is 1.62. The van der Waals surface area contributed by atoms with E-state index in [-0.39, 0.29) is 0 Å². The summed E-state index contributed by atoms with van der Waals surface area (Å²) in [6.45, 7) is 10.8. The molecule has 0 radical (unpaired) electrons. The van der Waals surface area contributed by atoms with Crippen LogP contribution in [0.25, 0.3) is 0 Å². The van der Waals surface area contributed by atoms with Gasteiger partial charge in [-0.3, -0.25) is 9.80 Å². The van der Waals surface area contributed by atoms with Crippen LogP contribution in [-0.2, 0) is 6.54 Å². The fraction of sp³-hybridized carbons (Fsp3) is 0.714. The van der Waals surface area contributed by atoms with Crippen LogP contribution in [0.1, 0.15) is 28.2 Å². The van der Waals surface area contributed by atoms with Crippen molar-refractivity contribution in [3.8, 4) is 0 Å². The SMILES string of the molecule is Cc1cc(CN2CCN3CCCC3C2)sc1C. The number of piperazine rings is 1. The van der Waals surface area contributed by atoms with E-state index in [2.05, 4.69) is 29.7 Å². The Morgan fingerprint density at radius 3 is 2.94 bits per heavy atom. The fourth-order valence-corrected chi connectivity index (χ4v) is 4.24. The molecule has 1 aromatic heterocycles. The molecule has 3 heterocycles. The van der Waals surface area contributed by atoms with Gasteiger partial charge in [0.1, 0.15) is 0 Å². The van der Waals surface area contributed by atoms with Gasteiger partial charge in [-0.05, 0) is 44.9 Å². The van der Waals surface area contributed by atoms with Gasteiger partial charge in [-0.25, -0.2) is 0 Å². The Morgan fingerprint density at radius 1 is 1.29 bits per heavy atom. The number of aryl methyl sites for hydroxylation is 2. The lowest BCUT2D eigenvalue weighted by atomic mass is 10.1. The van der Waals surface area contributed by atoms with Crippen LogP contribution in [0.2, 0.25) is 0 Å². The van der Waals surface area contributed by atoms with E-state index in [0.29, 0.717) is 0 Å². The molecule has 3 heteroatoms. The van der Waals surface area contributed by atoms with E-state index >= 15 is 0 Å². The zero-order valence-electron chi connectivity index (χ0n) is 10.9. The summed E-state index contributed by atoms with van der Waals surface area (Å²) in [5.74, 6) is 0. The number of fused-ring (bicyclic) bond motifs is 1. The summed E-state index contributed by atoms with van der Waals surface area (Å²) >= 11 is 1.98. The third kappa shape index (κ3) is 2.42. The lowest BCUT2D eigenvalue weighted by Gasteiger charge is -2.37. The van der Waals surface area contributed by atoms with E-state index in [4.69, 9.17) is 0 Å². The monoisotopic (exact) mass is 250 g/mol. The highest BCUT2D eigenvalue weighted by atomic mass is 32.1. The Labute approximate surface area is 108 Å². The highest BCUT2D eigenvalue weighted by Gasteiger charge is 2.30. The highest BCUT2D eigenvalue weighted by Crippen LogP contribution is 2.25. The average molecular weight is 250 g/mol. The van der Waals surface area contributed by atoms with Gasteiger partial charge < -0.3 is 0 Å². The second-order valence-electron chi connectivity index (χ2n) is 5.52. The molecule has 0 N–H and O–H groups in total. The van der Waals surface area contributed by atoms with Gasteiger partial charge in [0.15, 0.2) is 0 Å². The Morgan fingerprint density at radius 2 is 2.18 bits per heavy atom. The molecular weight excluding hydrogens is 228 g/mol. The Kier molecular flexibility index (Phi) is 3.24. The maximum Gasteiger partial charge on any atom is 0.0329 e. The molecule has 1 unspecified atom stereocenters. The second-order valence-corrected chi connectivity index (χ2v) is 6.86. The van der Waals surface area contributed by atoms with Crippen molar-refractivity contribution < 1.29 is 0 Å². The van der Waals surface area contributed by atoms with Gasteiger partial charge in [-0.2, -0.15) is 0 Å². The molecule has 0 amide bonds. The van der Waals surface area contributed by atoms with Crippen LogP contribution in [0.4, 0.5) is 0 Å². The van der Waals surface area contributed by atoms with Gasteiger partial charge in [0.2, 0.25) is 0 Å². The quantitative estimate of drug-likeness (QED) is 0.796. The van der Waals surface area contributed by atoms with Crippen LogP contribution >= 0.6 is 11.3 Å². The first-order valence-electron chi connectivity index (χ1n) is 6.74. The van der Waals surface area contributed by atoms with Gasteiger partial charge in [0.25, 0.3) is 0 Å². The average Bonchev–Trinajstić information content (AvgIpc) is 2.86. The first kappa shape index (κ1) is 11.7. The van der Waals surface area contributed by atoms with Crippen LogP contribution < -0.4 is 0 Å². The molecule has 0 aromatic carbocycles. The minimum absolute atomic E-state index is 0.853. The number of hydrogen-bond acceptors (Lipinski definition) is 3. The van der Waals surface area contributed by atoms with Crippen molar-refractivity contribution in [1.82, 2.24) is 9.80 Å². The molecule has 0 saturated carbocycles. The summed E-state index contributed by atoms with van der Waals surface area (Å²) in [6, 6.07) is 3.23. The highest BCUT2D eigenvalue weighted by molar-refractivity contribution is 7.12. The van der Waals surface area contributed by atoms with E-state index in [9.17, 15) is 0 Å². The second kappa shape index (κ2) is 4.71. The van der Waals surface area contributed by atoms with Crippen molar-refractivity contribution in [2.45, 2.75) is 39.3 Å². The molecule has 1 atom stereocenters. The molecule has 2 saturated heterocycles. The summed E-state index contributed by atoms with van der Waals surface area (Å²) < 4.78 is 0. The minimum Gasteiger partial charge on any atom is -0.298 e. The molecule has 17 heavy (non-hydrogen) atoms. The minimum atomic E-state index is 0.853. The van der Waals surface area contributed by atoms with E-state index in [1.165, 1.54) is 56.0 Å². The van der Waals surface area contributed by atoms with E-state index in [1.807, 2.05) is 11.3 Å². The first-order valence-corrected chi connectivity index (χ1v) is 7.56. The van der Waals surface area contributed by atoms with Gasteiger partial charge in [0, 0.05) is 42.0 Å². The van der Waals surface area contributed by atoms with Gasteiger partial charge in [-0.15, -0.1) is 11.3 Å². The first-order chi connectivity index (χ1) is 8.22. The molecule has 1 aromatic rings. The zero-order chi connectivity index (χ0) is 11.8. The predicted octanol–water partition coefficient (Wildman–Crippen LogP) is 2.64. The van der Waals surface area contributed by atoms with Crippen LogP contribution in [0.15, 0.2) is 6.07 Å². The van der Waals surface area contributed by atoms with Crippen LogP contribution in [-0.4, -0.2) is 42.0 Å². The van der Waals surface area contributed by atoms with Gasteiger partial charge >= 0.3 is 0 Å². The molecule has 2 fully saturated rings.